The fourth-order valence-electron chi connectivity index (χ4n) is 13.1. The van der Waals surface area contributed by atoms with E-state index in [0.29, 0.717) is 83.0 Å². The molecule has 5 fully saturated rings. The van der Waals surface area contributed by atoms with Gasteiger partial charge in [-0.25, -0.2) is 30.3 Å². The molecule has 25 heteroatoms. The first-order chi connectivity index (χ1) is 40.7. The first kappa shape index (κ1) is 62.6. The number of unbranched alkanes of at least 4 members (excludes halogenated alkanes) is 1. The highest BCUT2D eigenvalue weighted by atomic mass is 32.2. The lowest BCUT2D eigenvalue weighted by Crippen LogP contribution is -2.66. The fourth-order valence-corrected chi connectivity index (χ4v) is 16.1. The van der Waals surface area contributed by atoms with Crippen molar-refractivity contribution in [2.75, 3.05) is 80.7 Å². The van der Waals surface area contributed by atoms with Crippen LogP contribution in [0.15, 0.2) is 117 Å². The van der Waals surface area contributed by atoms with Gasteiger partial charge in [0.25, 0.3) is 37.6 Å². The van der Waals surface area contributed by atoms with Gasteiger partial charge >= 0.3 is 5.51 Å². The van der Waals surface area contributed by atoms with Crippen LogP contribution in [-0.4, -0.2) is 150 Å². The highest BCUT2D eigenvalue weighted by molar-refractivity contribution is 7.99. The molecular weight excluding hydrogens is 1180 g/mol. The Kier molecular flexibility index (Phi) is 17.9. The number of alkyl halides is 5. The zero-order valence-corrected chi connectivity index (χ0v) is 50.6. The molecule has 5 amide bonds. The van der Waals surface area contributed by atoms with E-state index in [1.807, 2.05) is 47.0 Å². The van der Waals surface area contributed by atoms with Gasteiger partial charge < -0.3 is 20.4 Å². The lowest BCUT2D eigenvalue weighted by atomic mass is 9.32. The summed E-state index contributed by atoms with van der Waals surface area (Å²) in [6, 6.07) is 20.7. The van der Waals surface area contributed by atoms with Crippen LogP contribution in [0.4, 0.5) is 39.0 Å². The molecule has 0 aromatic heterocycles. The van der Waals surface area contributed by atoms with E-state index >= 15 is 0 Å². The number of nitrogens with one attached hydrogen (secondary N) is 4. The Labute approximate surface area is 502 Å². The molecule has 11 rings (SSSR count). The molecule has 2 saturated heterocycles. The maximum atomic E-state index is 14.5. The Bertz CT molecular complexity index is 3520. The molecule has 0 spiro atoms. The molecule has 17 nitrogen and oxygen atoms in total. The minimum atomic E-state index is -6.18. The maximum absolute atomic E-state index is 14.5. The number of sulfonamides is 1. The van der Waals surface area contributed by atoms with Crippen LogP contribution < -0.4 is 25.6 Å². The lowest BCUT2D eigenvalue weighted by molar-refractivity contribution is -0.250. The number of thioether (sulfide) groups is 1. The zero-order chi connectivity index (χ0) is 61.6. The van der Waals surface area contributed by atoms with Crippen LogP contribution in [0, 0.1) is 16.2 Å². The van der Waals surface area contributed by atoms with Crippen LogP contribution in [0.25, 0.3) is 0 Å². The summed E-state index contributed by atoms with van der Waals surface area (Å²) >= 11 is 1.38. The van der Waals surface area contributed by atoms with Crippen molar-refractivity contribution in [3.63, 3.8) is 0 Å². The summed E-state index contributed by atoms with van der Waals surface area (Å²) < 4.78 is 127. The Morgan fingerprint density at radius 3 is 2.22 bits per heavy atom. The standard InChI is InChI=1S/C61H71F5N8O9S3/c1-58(2)24-22-40(46(33-58)59-36-60(37-59,38-59)57(62)63)34-72-28-30-73(31-29-72)42-16-14-39(15-17-42)53(76)70-86(82,83)44-18-19-47(50(32-44)85(80,81)61(64,65)66)68-41(35-84-43-10-5-4-6-11-43)23-27-71(3)26-8-7-25-67-48-13-9-12-45-52(48)56(79)74(55(45)78)49-20-21-51(75)69-54(49)77/h4-6,9-19,32,41,49,57,67-68H,7-8,20-31,33-38H2,1-3H3,(H,70,76)(H,69,75,77)/t41-,49?,59?,60?/m1/s1. The number of imide groups is 2. The van der Waals surface area contributed by atoms with Gasteiger partial charge in [-0.1, -0.05) is 49.3 Å². The summed E-state index contributed by atoms with van der Waals surface area (Å²) in [6.07, 6.45) is 3.99. The number of amides is 5. The molecule has 4 aromatic rings. The molecule has 0 radical (unpaired) electrons. The second-order valence-electron chi connectivity index (χ2n) is 24.6. The Morgan fingerprint density at radius 1 is 0.837 bits per heavy atom. The number of anilines is 3. The predicted octanol–water partition coefficient (Wildman–Crippen LogP) is 9.35. The van der Waals surface area contributed by atoms with Crippen LogP contribution in [0.3, 0.4) is 0 Å². The van der Waals surface area contributed by atoms with Gasteiger partial charge in [-0.15, -0.1) is 11.8 Å². The number of sulfone groups is 1. The fraction of sp³-hybridized carbons (Fsp3) is 0.492. The second-order valence-corrected chi connectivity index (χ2v) is 29.3. The number of piperidine rings is 1. The number of halogens is 5. The van der Waals surface area contributed by atoms with Gasteiger partial charge in [-0.05, 0) is 162 Å². The van der Waals surface area contributed by atoms with Crippen LogP contribution >= 0.6 is 11.8 Å². The van der Waals surface area contributed by atoms with Gasteiger partial charge in [-0.3, -0.25) is 39.1 Å². The molecule has 4 aromatic carbocycles. The summed E-state index contributed by atoms with van der Waals surface area (Å²) in [7, 11) is -9.28. The normalized spacial score (nSPS) is 22.8. The van der Waals surface area contributed by atoms with E-state index in [0.717, 1.165) is 66.5 Å². The summed E-state index contributed by atoms with van der Waals surface area (Å²) in [5.74, 6) is -3.27. The molecule has 462 valence electrons. The van der Waals surface area contributed by atoms with Crippen molar-refractivity contribution in [1.29, 1.82) is 0 Å². The number of rotatable bonds is 24. The molecule has 86 heavy (non-hydrogen) atoms. The first-order valence-corrected chi connectivity index (χ1v) is 32.9. The van der Waals surface area contributed by atoms with Crippen molar-refractivity contribution >= 4 is 78.2 Å². The number of carbonyl (C=O) groups is 5. The highest BCUT2D eigenvalue weighted by Gasteiger charge is 2.73. The predicted molar refractivity (Wildman–Crippen MR) is 316 cm³/mol. The highest BCUT2D eigenvalue weighted by Crippen LogP contribution is 2.79. The summed E-state index contributed by atoms with van der Waals surface area (Å²) in [6.45, 7) is 9.49. The van der Waals surface area contributed by atoms with Gasteiger partial charge in [0.15, 0.2) is 0 Å². The van der Waals surface area contributed by atoms with Crippen molar-refractivity contribution in [2.45, 2.75) is 123 Å². The van der Waals surface area contributed by atoms with Crippen LogP contribution in [0.2, 0.25) is 0 Å². The number of hydrogen-bond donors (Lipinski definition) is 4. The van der Waals surface area contributed by atoms with Crippen molar-refractivity contribution in [2.24, 2.45) is 16.2 Å². The van der Waals surface area contributed by atoms with E-state index in [1.165, 1.54) is 41.1 Å². The monoisotopic (exact) mass is 1250 g/mol. The third-order valence-corrected chi connectivity index (χ3v) is 21.9. The van der Waals surface area contributed by atoms with Gasteiger partial charge in [0.1, 0.15) is 10.9 Å². The third-order valence-electron chi connectivity index (χ3n) is 17.9. The largest absolute Gasteiger partial charge is 0.501 e. The Morgan fingerprint density at radius 2 is 1.55 bits per heavy atom. The van der Waals surface area contributed by atoms with Crippen molar-refractivity contribution in [3.05, 3.63) is 119 Å². The zero-order valence-electron chi connectivity index (χ0n) is 48.1. The molecule has 7 aliphatic rings. The van der Waals surface area contributed by atoms with E-state index < -0.39 is 94.3 Å². The van der Waals surface area contributed by atoms with Gasteiger partial charge in [0, 0.05) is 84.7 Å². The van der Waals surface area contributed by atoms with E-state index in [1.54, 1.807) is 24.3 Å². The van der Waals surface area contributed by atoms with Gasteiger partial charge in [0.2, 0.25) is 18.2 Å². The second kappa shape index (κ2) is 24.6. The summed E-state index contributed by atoms with van der Waals surface area (Å²) in [5, 5.41) is 8.39. The Balaban J connectivity index is 0.748. The average molecular weight is 1250 g/mol. The third kappa shape index (κ3) is 13.1. The van der Waals surface area contributed by atoms with Crippen LogP contribution in [-0.2, 0) is 29.4 Å². The number of fused-ring (bicyclic) bond motifs is 1. The number of allylic oxidation sites excluding steroid dienone is 1. The van der Waals surface area contributed by atoms with E-state index in [9.17, 15) is 62.8 Å². The molecule has 4 N–H and O–H groups in total. The minimum Gasteiger partial charge on any atom is -0.384 e. The van der Waals surface area contributed by atoms with Crippen molar-refractivity contribution in [1.82, 2.24) is 24.7 Å². The maximum Gasteiger partial charge on any atom is 0.501 e. The Hall–Kier alpha value is -6.41. The van der Waals surface area contributed by atoms with Gasteiger partial charge in [-0.2, -0.15) is 13.2 Å². The average Bonchev–Trinajstić information content (AvgIpc) is 0.799. The van der Waals surface area contributed by atoms with Gasteiger partial charge in [0.05, 0.1) is 21.7 Å². The minimum absolute atomic E-state index is 0.00752. The molecule has 3 aliphatic heterocycles. The molecule has 3 saturated carbocycles. The molecular formula is C61H71F5N8O9S3. The molecule has 3 heterocycles. The first-order valence-electron chi connectivity index (χ1n) is 29.0. The van der Waals surface area contributed by atoms with E-state index in [2.05, 4.69) is 39.6 Å². The summed E-state index contributed by atoms with van der Waals surface area (Å²) in [5.41, 5.74) is -2.83. The number of benzene rings is 4. The molecule has 2 bridgehead atoms. The smallest absolute Gasteiger partial charge is 0.384 e. The SMILES string of the molecule is CN(CCCCNc1cccc2c1C(=O)N(C1CCC(=O)NC1=O)C2=O)CC[C@H](CSc1ccccc1)Nc1ccc(S(=O)(=O)NC(=O)c2ccc(N3CCN(CC4=C(C56CC(C(F)F)(C5)C6)CC(C)(C)CC4)CC3)cc2)cc1S(=O)(=O)C(F)(F)F. The van der Waals surface area contributed by atoms with Crippen LogP contribution in [0.5, 0.6) is 0 Å². The lowest BCUT2D eigenvalue weighted by Gasteiger charge is -2.72. The molecule has 2 atom stereocenters. The number of piperazine rings is 1. The van der Waals surface area contributed by atoms with Crippen molar-refractivity contribution < 1.29 is 62.8 Å². The number of nitrogens with zero attached hydrogens (tertiary/aromatic N) is 4. The topological polar surface area (TPSA) is 215 Å². The van der Waals surface area contributed by atoms with E-state index in [-0.39, 0.29) is 46.1 Å². The van der Waals surface area contributed by atoms with Crippen LogP contribution in [0.1, 0.15) is 116 Å². The molecule has 1 unspecified atom stereocenters. The van der Waals surface area contributed by atoms with Crippen molar-refractivity contribution in [3.8, 4) is 0 Å². The number of hydrogen-bond acceptors (Lipinski definition) is 15. The number of carbonyl (C=O) groups excluding carboxylic acids is 5. The molecule has 4 aliphatic carbocycles. The van der Waals surface area contributed by atoms with E-state index in [4.69, 9.17) is 0 Å². The summed E-state index contributed by atoms with van der Waals surface area (Å²) in [4.78, 5) is 70.7. The quantitative estimate of drug-likeness (QED) is 0.0169.